The Morgan fingerprint density at radius 3 is 2.58 bits per heavy atom. The number of nitrogens with two attached hydrogens (primary N) is 1. The van der Waals surface area contributed by atoms with Crippen LogP contribution in [0.3, 0.4) is 0 Å². The molecular formula is C9H16N2O. The summed E-state index contributed by atoms with van der Waals surface area (Å²) >= 11 is 0. The normalized spacial score (nSPS) is 18.2. The maximum absolute atomic E-state index is 11.2. The average molecular weight is 168 g/mol. The lowest BCUT2D eigenvalue weighted by Gasteiger charge is -2.07. The van der Waals surface area contributed by atoms with Gasteiger partial charge in [-0.25, -0.2) is 0 Å². The lowest BCUT2D eigenvalue weighted by molar-refractivity contribution is -0.123. The zero-order valence-electron chi connectivity index (χ0n) is 7.68. The van der Waals surface area contributed by atoms with Crippen molar-refractivity contribution in [2.45, 2.75) is 32.2 Å². The Labute approximate surface area is 73.0 Å². The monoisotopic (exact) mass is 168 g/mol. The smallest absolute Gasteiger partial charge is 0.240 e. The molecule has 1 aliphatic carbocycles. The average Bonchev–Trinajstić information content (AvgIpc) is 2.68. The highest BCUT2D eigenvalue weighted by atomic mass is 16.2. The molecule has 0 aromatic rings. The van der Waals surface area contributed by atoms with Crippen molar-refractivity contribution in [3.63, 3.8) is 0 Å². The van der Waals surface area contributed by atoms with Crippen LogP contribution in [0.15, 0.2) is 11.6 Å². The van der Waals surface area contributed by atoms with Crippen LogP contribution in [0.25, 0.3) is 0 Å². The van der Waals surface area contributed by atoms with Gasteiger partial charge in [0.25, 0.3) is 0 Å². The molecule has 3 N–H and O–H groups in total. The summed E-state index contributed by atoms with van der Waals surface area (Å²) < 4.78 is 0. The van der Waals surface area contributed by atoms with Gasteiger partial charge in [0.2, 0.25) is 5.91 Å². The van der Waals surface area contributed by atoms with Gasteiger partial charge in [0.1, 0.15) is 0 Å². The molecule has 1 rings (SSSR count). The van der Waals surface area contributed by atoms with Crippen LogP contribution in [-0.2, 0) is 4.79 Å². The summed E-state index contributed by atoms with van der Waals surface area (Å²) in [7, 11) is 0. The van der Waals surface area contributed by atoms with E-state index < -0.39 is 5.54 Å². The second kappa shape index (κ2) is 3.27. The highest BCUT2D eigenvalue weighted by molar-refractivity contribution is 5.89. The molecule has 1 saturated carbocycles. The summed E-state index contributed by atoms with van der Waals surface area (Å²) in [5, 5.41) is 2.78. The minimum atomic E-state index is -0.532. The van der Waals surface area contributed by atoms with E-state index in [1.54, 1.807) is 0 Å². The van der Waals surface area contributed by atoms with E-state index >= 15 is 0 Å². The van der Waals surface area contributed by atoms with Crippen molar-refractivity contribution in [1.82, 2.24) is 5.32 Å². The molecule has 0 spiro atoms. The van der Waals surface area contributed by atoms with Gasteiger partial charge >= 0.3 is 0 Å². The molecule has 0 atom stereocenters. The number of carbonyl (C=O) groups excluding carboxylic acids is 1. The molecular weight excluding hydrogens is 152 g/mol. The third-order valence-corrected chi connectivity index (χ3v) is 2.01. The van der Waals surface area contributed by atoms with E-state index in [-0.39, 0.29) is 5.91 Å². The van der Waals surface area contributed by atoms with Gasteiger partial charge < -0.3 is 11.1 Å². The first kappa shape index (κ1) is 9.26. The molecule has 0 unspecified atom stereocenters. The van der Waals surface area contributed by atoms with Gasteiger partial charge in [-0.2, -0.15) is 0 Å². The van der Waals surface area contributed by atoms with Crippen LogP contribution in [-0.4, -0.2) is 18.0 Å². The Kier molecular flexibility index (Phi) is 2.52. The van der Waals surface area contributed by atoms with Crippen LogP contribution in [0, 0.1) is 0 Å². The van der Waals surface area contributed by atoms with E-state index in [2.05, 4.69) is 5.32 Å². The first-order valence-electron chi connectivity index (χ1n) is 4.25. The summed E-state index contributed by atoms with van der Waals surface area (Å²) in [5.74, 6) is -0.0139. The molecule has 1 fully saturated rings. The second-order valence-corrected chi connectivity index (χ2v) is 3.65. The predicted molar refractivity (Wildman–Crippen MR) is 48.6 cm³/mol. The molecule has 0 radical (unpaired) electrons. The quantitative estimate of drug-likeness (QED) is 0.605. The zero-order valence-corrected chi connectivity index (χ0v) is 7.68. The van der Waals surface area contributed by atoms with Crippen molar-refractivity contribution in [2.75, 3.05) is 6.54 Å². The molecule has 0 saturated heterocycles. The van der Waals surface area contributed by atoms with Crippen LogP contribution in [0.2, 0.25) is 0 Å². The fourth-order valence-corrected chi connectivity index (χ4v) is 0.886. The summed E-state index contributed by atoms with van der Waals surface area (Å²) in [6.07, 6.45) is 3.63. The van der Waals surface area contributed by atoms with Crippen molar-refractivity contribution in [2.24, 2.45) is 5.73 Å². The topological polar surface area (TPSA) is 55.1 Å². The van der Waals surface area contributed by atoms with Gasteiger partial charge in [-0.05, 0) is 26.7 Å². The molecule has 0 heterocycles. The first-order valence-corrected chi connectivity index (χ1v) is 4.25. The highest BCUT2D eigenvalue weighted by Gasteiger charge is 2.45. The third kappa shape index (κ3) is 2.34. The van der Waals surface area contributed by atoms with Crippen LogP contribution < -0.4 is 11.1 Å². The number of nitrogens with one attached hydrogen (secondary N) is 1. The van der Waals surface area contributed by atoms with Crippen LogP contribution >= 0.6 is 0 Å². The van der Waals surface area contributed by atoms with Gasteiger partial charge in [0.15, 0.2) is 0 Å². The molecule has 0 bridgehead atoms. The summed E-state index contributed by atoms with van der Waals surface area (Å²) in [4.78, 5) is 11.2. The minimum Gasteiger partial charge on any atom is -0.351 e. The van der Waals surface area contributed by atoms with E-state index in [1.807, 2.05) is 19.9 Å². The number of allylic oxidation sites excluding steroid dienone is 1. The van der Waals surface area contributed by atoms with E-state index in [1.165, 1.54) is 5.57 Å². The molecule has 1 amide bonds. The molecule has 3 heteroatoms. The standard InChI is InChI=1S/C9H16N2O/c1-7(2)3-6-11-8(12)9(10)4-5-9/h3H,4-6,10H2,1-2H3,(H,11,12). The van der Waals surface area contributed by atoms with Crippen molar-refractivity contribution in [3.05, 3.63) is 11.6 Å². The maximum atomic E-state index is 11.2. The van der Waals surface area contributed by atoms with Gasteiger partial charge in [0, 0.05) is 6.54 Å². The Morgan fingerprint density at radius 1 is 1.58 bits per heavy atom. The Hall–Kier alpha value is -0.830. The highest BCUT2D eigenvalue weighted by Crippen LogP contribution is 2.31. The van der Waals surface area contributed by atoms with Gasteiger partial charge in [0.05, 0.1) is 5.54 Å². The van der Waals surface area contributed by atoms with Crippen molar-refractivity contribution in [1.29, 1.82) is 0 Å². The fraction of sp³-hybridized carbons (Fsp3) is 0.667. The van der Waals surface area contributed by atoms with Crippen molar-refractivity contribution in [3.8, 4) is 0 Å². The number of carbonyl (C=O) groups is 1. The zero-order chi connectivity index (χ0) is 9.19. The number of hydrogen-bond donors (Lipinski definition) is 2. The van der Waals surface area contributed by atoms with E-state index in [0.29, 0.717) is 6.54 Å². The van der Waals surface area contributed by atoms with Crippen LogP contribution in [0.4, 0.5) is 0 Å². The number of amides is 1. The van der Waals surface area contributed by atoms with Crippen molar-refractivity contribution >= 4 is 5.91 Å². The Bertz CT molecular complexity index is 213. The second-order valence-electron chi connectivity index (χ2n) is 3.65. The van der Waals surface area contributed by atoms with Crippen molar-refractivity contribution < 1.29 is 4.79 Å². The van der Waals surface area contributed by atoms with E-state index in [4.69, 9.17) is 5.73 Å². The summed E-state index contributed by atoms with van der Waals surface area (Å²) in [6.45, 7) is 4.60. The van der Waals surface area contributed by atoms with Gasteiger partial charge in [-0.1, -0.05) is 11.6 Å². The van der Waals surface area contributed by atoms with Crippen LogP contribution in [0.5, 0.6) is 0 Å². The Morgan fingerprint density at radius 2 is 2.17 bits per heavy atom. The fourth-order valence-electron chi connectivity index (χ4n) is 0.886. The molecule has 68 valence electrons. The van der Waals surface area contributed by atoms with E-state index in [9.17, 15) is 4.79 Å². The Balaban J connectivity index is 2.24. The third-order valence-electron chi connectivity index (χ3n) is 2.01. The summed E-state index contributed by atoms with van der Waals surface area (Å²) in [6, 6.07) is 0. The molecule has 3 nitrogen and oxygen atoms in total. The molecule has 0 aromatic carbocycles. The number of rotatable bonds is 3. The summed E-state index contributed by atoms with van der Waals surface area (Å²) in [5.41, 5.74) is 6.35. The SMILES string of the molecule is CC(C)=CCNC(=O)C1(N)CC1. The minimum absolute atomic E-state index is 0.0139. The lowest BCUT2D eigenvalue weighted by atomic mass is 10.2. The van der Waals surface area contributed by atoms with Gasteiger partial charge in [-0.3, -0.25) is 4.79 Å². The lowest BCUT2D eigenvalue weighted by Crippen LogP contribution is -2.42. The largest absolute Gasteiger partial charge is 0.351 e. The van der Waals surface area contributed by atoms with E-state index in [0.717, 1.165) is 12.8 Å². The molecule has 0 aromatic heterocycles. The molecule has 12 heavy (non-hydrogen) atoms. The van der Waals surface area contributed by atoms with Gasteiger partial charge in [-0.15, -0.1) is 0 Å². The molecule has 0 aliphatic heterocycles. The predicted octanol–water partition coefficient (Wildman–Crippen LogP) is 0.560. The van der Waals surface area contributed by atoms with Crippen LogP contribution in [0.1, 0.15) is 26.7 Å². The maximum Gasteiger partial charge on any atom is 0.240 e. The molecule has 1 aliphatic rings. The first-order chi connectivity index (χ1) is 5.54. The number of hydrogen-bond acceptors (Lipinski definition) is 2.